The van der Waals surface area contributed by atoms with E-state index in [0.29, 0.717) is 13.2 Å². The first-order chi connectivity index (χ1) is 38.2. The Labute approximate surface area is 477 Å². The Morgan fingerprint density at radius 1 is 0.705 bits per heavy atom. The fraction of sp³-hybridized carbons (Fsp3) is 0.242. The average molecular weight is 1120 g/mol. The molecular weight excluding hydrogens is 1060 g/mol. The van der Waals surface area contributed by atoms with Gasteiger partial charge >= 0.3 is 5.97 Å². The minimum Gasteiger partial charge on any atom is -0.492 e. The lowest BCUT2D eigenvalue weighted by molar-refractivity contribution is -0.132. The largest absolute Gasteiger partial charge is 0.492 e. The number of carbonyl (C=O) groups is 1. The molecule has 0 fully saturated rings. The second-order valence-electron chi connectivity index (χ2n) is 19.3. The number of nitrogens with zero attached hydrogens (tertiary/aromatic N) is 3. The lowest BCUT2D eigenvalue weighted by atomic mass is 10.1. The summed E-state index contributed by atoms with van der Waals surface area (Å²) in [6, 6.07) is 41.3. The number of fused-ring (bicyclic) bond motifs is 5. The predicted octanol–water partition coefficient (Wildman–Crippen LogP) is 18.3. The molecule has 0 bridgehead atoms. The lowest BCUT2D eigenvalue weighted by Gasteiger charge is -2.16. The standard InChI is InChI=1S/C66H63N3O4S5/c1-6-9-12-21-31-72-58-40-62(65-59(73-32-22-13-10-7-2)39-61(77-65)60-30-33-74-42-47-37-50(36-46(41-67)66(70)71)76-63(47)44(5)75-60)78-64(58)45-34-48(68-54(26-14-11-8-3)43(4)51-23-15-18-27-55(51)68)38-49(35-45)69-56-28-19-16-24-52(56)53-25-17-20-29-57(53)69/h11,14-20,23-30,34-40H,4-10,12-13,21-22,31-33,42H2,1-3H3,(H,70,71)/b14-11-,46-36-,54-26+,60-30-. The Morgan fingerprint density at radius 3 is 1.95 bits per heavy atom. The normalized spacial score (nSPS) is 14.2. The van der Waals surface area contributed by atoms with Crippen LogP contribution in [-0.2, 0) is 10.5 Å². The van der Waals surface area contributed by atoms with Gasteiger partial charge in [0.05, 0.1) is 49.7 Å². The van der Waals surface area contributed by atoms with Crippen LogP contribution in [0.3, 0.4) is 0 Å². The molecule has 0 spiro atoms. The maximum Gasteiger partial charge on any atom is 0.346 e. The zero-order valence-corrected chi connectivity index (χ0v) is 48.5. The van der Waals surface area contributed by atoms with Crippen molar-refractivity contribution in [3.05, 3.63) is 170 Å². The first-order valence-electron chi connectivity index (χ1n) is 27.0. The van der Waals surface area contributed by atoms with Crippen LogP contribution in [0, 0.1) is 11.3 Å². The molecule has 5 aromatic heterocycles. The average Bonchev–Trinajstić information content (AvgIpc) is 4.49. The Bertz CT molecular complexity index is 3890. The second kappa shape index (κ2) is 25.4. The summed E-state index contributed by atoms with van der Waals surface area (Å²) in [6.45, 7) is 17.1. The predicted molar refractivity (Wildman–Crippen MR) is 338 cm³/mol. The molecule has 1 N–H and O–H groups in total. The van der Waals surface area contributed by atoms with Crippen molar-refractivity contribution in [1.82, 2.24) is 9.13 Å². The van der Waals surface area contributed by atoms with Gasteiger partial charge < -0.3 is 23.7 Å². The molecule has 0 unspecified atom stereocenters. The number of hydrogen-bond donors (Lipinski definition) is 1. The number of aliphatic carboxylic acids is 1. The molecule has 78 heavy (non-hydrogen) atoms. The summed E-state index contributed by atoms with van der Waals surface area (Å²) in [5.41, 5.74) is 7.29. The van der Waals surface area contributed by atoms with Crippen LogP contribution in [0.5, 0.6) is 11.5 Å². The fourth-order valence-corrected chi connectivity index (χ4v) is 15.7. The van der Waals surface area contributed by atoms with Crippen LogP contribution >= 0.6 is 57.5 Å². The molecule has 1 aliphatic heterocycles. The molecule has 0 atom stereocenters. The van der Waals surface area contributed by atoms with Crippen molar-refractivity contribution in [3.63, 3.8) is 0 Å². The van der Waals surface area contributed by atoms with Crippen molar-refractivity contribution in [2.24, 2.45) is 0 Å². The van der Waals surface area contributed by atoms with Crippen molar-refractivity contribution in [1.29, 1.82) is 5.26 Å². The number of carboxylic acid groups (broad SMARTS) is 1. The van der Waals surface area contributed by atoms with Gasteiger partial charge in [-0.15, -0.1) is 34.0 Å². The molecule has 0 aliphatic carbocycles. The highest BCUT2D eigenvalue weighted by Gasteiger charge is 2.25. The van der Waals surface area contributed by atoms with Gasteiger partial charge in [-0.25, -0.2) is 4.79 Å². The zero-order chi connectivity index (χ0) is 54.1. The topological polar surface area (TPSA) is 89.4 Å². The molecule has 9 aromatic rings. The smallest absolute Gasteiger partial charge is 0.346 e. The Kier molecular flexibility index (Phi) is 17.8. The summed E-state index contributed by atoms with van der Waals surface area (Å²) in [4.78, 5) is 19.8. The number of aromatic nitrogens is 2. The van der Waals surface area contributed by atoms with Gasteiger partial charge in [0.25, 0.3) is 0 Å². The highest BCUT2D eigenvalue weighted by Crippen LogP contribution is 2.53. The van der Waals surface area contributed by atoms with Crippen molar-refractivity contribution in [2.75, 3.05) is 19.0 Å². The van der Waals surface area contributed by atoms with Gasteiger partial charge in [0.2, 0.25) is 0 Å². The first kappa shape index (κ1) is 54.6. The molecule has 6 heterocycles. The molecule has 7 nitrogen and oxygen atoms in total. The van der Waals surface area contributed by atoms with E-state index in [1.54, 1.807) is 46.2 Å². The quantitative estimate of drug-likeness (QED) is 0.0435. The maximum absolute atomic E-state index is 11.8. The van der Waals surface area contributed by atoms with E-state index in [2.05, 4.69) is 170 Å². The number of allylic oxidation sites excluding steroid dienone is 2. The first-order valence-corrected chi connectivity index (χ1v) is 31.4. The third-order valence-corrected chi connectivity index (χ3v) is 19.8. The van der Waals surface area contributed by atoms with Gasteiger partial charge in [0, 0.05) is 80.8 Å². The Hall–Kier alpha value is -6.72. The third-order valence-electron chi connectivity index (χ3n) is 13.9. The maximum atomic E-state index is 11.8. The van der Waals surface area contributed by atoms with Gasteiger partial charge in [0.1, 0.15) is 23.1 Å². The van der Waals surface area contributed by atoms with Gasteiger partial charge in [-0.3, -0.25) is 0 Å². The van der Waals surface area contributed by atoms with Gasteiger partial charge in [-0.2, -0.15) is 17.0 Å². The number of unbranched alkanes of at least 4 members (excludes halogenated alkanes) is 6. The number of thiophene rings is 3. The number of rotatable bonds is 21. The second-order valence-corrected chi connectivity index (χ2v) is 24.7. The van der Waals surface area contributed by atoms with Crippen LogP contribution in [0.1, 0.15) is 98.8 Å². The van der Waals surface area contributed by atoms with Crippen LogP contribution < -0.4 is 20.0 Å². The monoisotopic (exact) mass is 1120 g/mol. The number of hydrogen-bond acceptors (Lipinski definition) is 9. The van der Waals surface area contributed by atoms with E-state index in [4.69, 9.17) is 9.47 Å². The van der Waals surface area contributed by atoms with Crippen molar-refractivity contribution >= 4 is 125 Å². The van der Waals surface area contributed by atoms with Gasteiger partial charge in [-0.05, 0) is 85.0 Å². The van der Waals surface area contributed by atoms with E-state index in [0.717, 1.165) is 175 Å². The van der Waals surface area contributed by atoms with E-state index in [1.165, 1.54) is 28.2 Å². The van der Waals surface area contributed by atoms with Crippen LogP contribution in [0.25, 0.3) is 92.8 Å². The summed E-state index contributed by atoms with van der Waals surface area (Å²) in [7, 11) is 0. The number of thioether (sulfide) groups is 2. The van der Waals surface area contributed by atoms with Crippen LogP contribution in [0.2, 0.25) is 0 Å². The molecular formula is C66H63N3O4S5. The van der Waals surface area contributed by atoms with Crippen molar-refractivity contribution in [2.45, 2.75) is 84.3 Å². The third kappa shape index (κ3) is 11.7. The minimum absolute atomic E-state index is 0.287. The van der Waals surface area contributed by atoms with Crippen molar-refractivity contribution < 1.29 is 19.4 Å². The molecule has 396 valence electrons. The number of ether oxygens (including phenoxy) is 2. The molecule has 0 saturated carbocycles. The van der Waals surface area contributed by atoms with E-state index < -0.39 is 5.97 Å². The summed E-state index contributed by atoms with van der Waals surface area (Å²) in [5, 5.41) is 24.7. The zero-order valence-electron chi connectivity index (χ0n) is 44.4. The number of carboxylic acids is 1. The van der Waals surface area contributed by atoms with Gasteiger partial charge in [0.15, 0.2) is 0 Å². The van der Waals surface area contributed by atoms with E-state index in [-0.39, 0.29) is 5.57 Å². The van der Waals surface area contributed by atoms with Crippen LogP contribution in [0.4, 0.5) is 0 Å². The van der Waals surface area contributed by atoms with Crippen LogP contribution in [-0.4, -0.2) is 39.2 Å². The summed E-state index contributed by atoms with van der Waals surface area (Å²) in [6.07, 6.45) is 20.0. The molecule has 0 radical (unpaired) electrons. The number of nitriles is 1. The Balaban J connectivity index is 1.15. The van der Waals surface area contributed by atoms with Crippen LogP contribution in [0.15, 0.2) is 140 Å². The summed E-state index contributed by atoms with van der Waals surface area (Å²) >= 11 is 8.42. The molecule has 10 rings (SSSR count). The SMILES string of the molecule is C=C1S/C(c2cc(OCCCCCC)c(-c3cc(OCCCCCC)c(-c4cc(-n5/c(=C/C=C\CC)c(=C)c6ccccc65)cc(-n5c6ccccc6c6ccccc65)c4)s3)s2)=C\CSCc2cc(/C=C(/C#N)C(=O)O)sc21. The molecule has 12 heteroatoms. The molecule has 1 aliphatic rings. The number of para-hydroxylation sites is 3. The molecule has 4 aromatic carbocycles. The highest BCUT2D eigenvalue weighted by atomic mass is 32.2. The van der Waals surface area contributed by atoms with E-state index in [1.807, 2.05) is 12.1 Å². The van der Waals surface area contributed by atoms with E-state index in [9.17, 15) is 15.2 Å². The van der Waals surface area contributed by atoms with Crippen molar-refractivity contribution in [3.8, 4) is 49.1 Å². The fourth-order valence-electron chi connectivity index (χ4n) is 10.1. The molecule has 0 saturated heterocycles. The van der Waals surface area contributed by atoms with Gasteiger partial charge in [-0.1, -0.05) is 157 Å². The summed E-state index contributed by atoms with van der Waals surface area (Å²) in [5.74, 6) is 2.00. The highest BCUT2D eigenvalue weighted by molar-refractivity contribution is 8.16. The Morgan fingerprint density at radius 2 is 1.31 bits per heavy atom. The van der Waals surface area contributed by atoms with E-state index >= 15 is 0 Å². The number of benzene rings is 4. The summed E-state index contributed by atoms with van der Waals surface area (Å²) < 4.78 is 18.6. The molecule has 0 amide bonds. The minimum atomic E-state index is -1.23. The lowest BCUT2D eigenvalue weighted by Crippen LogP contribution is -2.27.